The minimum absolute atomic E-state index is 0.0690. The zero-order chi connectivity index (χ0) is 29.6. The lowest BCUT2D eigenvalue weighted by Crippen LogP contribution is -2.43. The van der Waals surface area contributed by atoms with E-state index in [1.165, 1.54) is 0 Å². The van der Waals surface area contributed by atoms with Gasteiger partial charge in [-0.05, 0) is 74.0 Å². The van der Waals surface area contributed by atoms with Crippen LogP contribution in [0.1, 0.15) is 44.1 Å². The average Bonchev–Trinajstić information content (AvgIpc) is 3.55. The van der Waals surface area contributed by atoms with Gasteiger partial charge in [-0.25, -0.2) is 8.78 Å². The minimum atomic E-state index is -0.863. The molecule has 7 rings (SSSR count). The molecule has 5 heterocycles. The highest BCUT2D eigenvalue weighted by molar-refractivity contribution is 6.01. The molecule has 0 spiro atoms. The van der Waals surface area contributed by atoms with E-state index < -0.39 is 12.0 Å². The second-order valence-electron chi connectivity index (χ2n) is 12.1. The predicted molar refractivity (Wildman–Crippen MR) is 162 cm³/mol. The molecule has 3 saturated heterocycles. The van der Waals surface area contributed by atoms with E-state index in [-0.39, 0.29) is 36.2 Å². The number of hydrogen-bond acceptors (Lipinski definition) is 8. The van der Waals surface area contributed by atoms with E-state index in [9.17, 15) is 4.39 Å². The number of ether oxygens (including phenoxy) is 3. The highest BCUT2D eigenvalue weighted by Gasteiger charge is 2.49. The van der Waals surface area contributed by atoms with Crippen LogP contribution < -0.4 is 14.4 Å². The van der Waals surface area contributed by atoms with Crippen LogP contribution >= 0.6 is 0 Å². The maximum absolute atomic E-state index is 16.8. The average molecular weight is 590 g/mol. The molecule has 0 radical (unpaired) electrons. The van der Waals surface area contributed by atoms with Crippen LogP contribution in [0.15, 0.2) is 36.5 Å². The summed E-state index contributed by atoms with van der Waals surface area (Å²) >= 11 is 0. The van der Waals surface area contributed by atoms with Gasteiger partial charge >= 0.3 is 6.01 Å². The molecule has 0 aliphatic carbocycles. The molecule has 4 aromatic rings. The first-order valence-electron chi connectivity index (χ1n) is 15.2. The van der Waals surface area contributed by atoms with E-state index >= 15 is 4.39 Å². The summed E-state index contributed by atoms with van der Waals surface area (Å²) in [6.07, 6.45) is 6.35. The van der Waals surface area contributed by atoms with Crippen molar-refractivity contribution in [3.63, 3.8) is 0 Å². The number of methoxy groups -OCH3 is 1. The zero-order valence-electron chi connectivity index (χ0n) is 24.7. The number of benzene rings is 2. The summed E-state index contributed by atoms with van der Waals surface area (Å²) in [6.45, 7) is 5.29. The molecule has 0 unspecified atom stereocenters. The van der Waals surface area contributed by atoms with Gasteiger partial charge in [0.05, 0.1) is 10.9 Å². The summed E-state index contributed by atoms with van der Waals surface area (Å²) in [6, 6.07) is 9.78. The fourth-order valence-corrected chi connectivity index (χ4v) is 7.25. The van der Waals surface area contributed by atoms with Crippen molar-refractivity contribution in [2.24, 2.45) is 0 Å². The molecular formula is C33H37F2N5O3. The molecule has 0 bridgehead atoms. The lowest BCUT2D eigenvalue weighted by atomic mass is 9.95. The van der Waals surface area contributed by atoms with Crippen LogP contribution in [0.3, 0.4) is 0 Å². The zero-order valence-corrected chi connectivity index (χ0v) is 24.7. The first-order chi connectivity index (χ1) is 21.0. The Balaban J connectivity index is 1.35. The molecule has 0 N–H and O–H groups in total. The Morgan fingerprint density at radius 3 is 2.74 bits per heavy atom. The summed E-state index contributed by atoms with van der Waals surface area (Å²) in [5.74, 6) is 0.647. The summed E-state index contributed by atoms with van der Waals surface area (Å²) in [4.78, 5) is 18.5. The molecule has 2 atom stereocenters. The lowest BCUT2D eigenvalue weighted by Gasteiger charge is -2.31. The largest absolute Gasteiger partial charge is 0.468 e. The lowest BCUT2D eigenvalue weighted by molar-refractivity contribution is 0.0512. The van der Waals surface area contributed by atoms with E-state index in [1.54, 1.807) is 19.4 Å². The molecule has 2 aromatic carbocycles. The molecule has 43 heavy (non-hydrogen) atoms. The van der Waals surface area contributed by atoms with Crippen LogP contribution in [0, 0.1) is 12.7 Å². The second-order valence-corrected chi connectivity index (χ2v) is 12.1. The monoisotopic (exact) mass is 589 g/mol. The van der Waals surface area contributed by atoms with Gasteiger partial charge in [-0.15, -0.1) is 0 Å². The number of anilines is 1. The van der Waals surface area contributed by atoms with Crippen LogP contribution in [-0.4, -0.2) is 78.3 Å². The fourth-order valence-electron chi connectivity index (χ4n) is 7.25. The molecule has 2 aromatic heterocycles. The highest BCUT2D eigenvalue weighted by atomic mass is 19.1. The van der Waals surface area contributed by atoms with Crippen molar-refractivity contribution in [1.82, 2.24) is 19.9 Å². The van der Waals surface area contributed by atoms with Crippen molar-refractivity contribution in [1.29, 1.82) is 0 Å². The number of rotatable bonds is 8. The van der Waals surface area contributed by atoms with Gasteiger partial charge in [-0.3, -0.25) is 9.88 Å². The summed E-state index contributed by atoms with van der Waals surface area (Å²) in [7, 11) is 1.56. The fraction of sp³-hybridized carbons (Fsp3) is 0.485. The Bertz CT molecular complexity index is 1660. The number of alkyl halides is 1. The summed E-state index contributed by atoms with van der Waals surface area (Å²) in [5.41, 5.74) is 1.60. The Kier molecular flexibility index (Phi) is 7.51. The maximum Gasteiger partial charge on any atom is 0.319 e. The summed E-state index contributed by atoms with van der Waals surface area (Å²) < 4.78 is 48.3. The van der Waals surface area contributed by atoms with Crippen molar-refractivity contribution in [3.8, 4) is 23.0 Å². The van der Waals surface area contributed by atoms with Gasteiger partial charge in [-0.2, -0.15) is 9.97 Å². The standard InChI is InChI=1S/C33H37F2N5O3/c1-21-8-6-9-22-14-24(43-20-41-2)15-25(27(21)22)29-28(35)30-26(17-36-29)31(39-11-4-3-5-12-39)38-32(37-30)42-19-33-10-7-13-40(33)18-23(34)16-33/h6,8-9,14-15,17,23H,3-5,7,10-13,16,18-20H2,1-2H3/t23-,33+/m1/s1. The first kappa shape index (κ1) is 28.2. The van der Waals surface area contributed by atoms with Crippen molar-refractivity contribution < 1.29 is 23.0 Å². The summed E-state index contributed by atoms with van der Waals surface area (Å²) in [5, 5.41) is 2.35. The van der Waals surface area contributed by atoms with E-state index in [0.29, 0.717) is 35.5 Å². The number of aromatic nitrogens is 3. The molecule has 3 aliphatic rings. The topological polar surface area (TPSA) is 72.8 Å². The van der Waals surface area contributed by atoms with Gasteiger partial charge in [0.25, 0.3) is 0 Å². The van der Waals surface area contributed by atoms with Crippen molar-refractivity contribution in [2.45, 2.75) is 57.2 Å². The number of halogens is 2. The predicted octanol–water partition coefficient (Wildman–Crippen LogP) is 6.22. The number of hydrogen-bond donors (Lipinski definition) is 0. The van der Waals surface area contributed by atoms with E-state index in [0.717, 1.165) is 68.1 Å². The Morgan fingerprint density at radius 1 is 1.05 bits per heavy atom. The molecule has 0 amide bonds. The first-order valence-corrected chi connectivity index (χ1v) is 15.2. The van der Waals surface area contributed by atoms with Crippen molar-refractivity contribution in [3.05, 3.63) is 47.9 Å². The molecule has 8 nitrogen and oxygen atoms in total. The highest BCUT2D eigenvalue weighted by Crippen LogP contribution is 2.41. The SMILES string of the molecule is COCOc1cc(-c2ncc3c(N4CCCCC4)nc(OC[C@@]45CCCN4C[C@H](F)C5)nc3c2F)c2c(C)cccc2c1. The molecule has 10 heteroatoms. The van der Waals surface area contributed by atoms with Crippen molar-refractivity contribution >= 4 is 27.5 Å². The number of nitrogens with zero attached hydrogens (tertiary/aromatic N) is 5. The Hall–Kier alpha value is -3.63. The second kappa shape index (κ2) is 11.5. The number of fused-ring (bicyclic) bond motifs is 3. The quantitative estimate of drug-likeness (QED) is 0.224. The number of pyridine rings is 1. The van der Waals surface area contributed by atoms with Crippen LogP contribution in [0.25, 0.3) is 32.9 Å². The smallest absolute Gasteiger partial charge is 0.319 e. The molecule has 226 valence electrons. The van der Waals surface area contributed by atoms with Gasteiger partial charge in [0.15, 0.2) is 12.6 Å². The molecular weight excluding hydrogens is 552 g/mol. The third kappa shape index (κ3) is 5.14. The van der Waals surface area contributed by atoms with Gasteiger partial charge in [0.2, 0.25) is 0 Å². The van der Waals surface area contributed by atoms with Gasteiger partial charge in [0, 0.05) is 44.9 Å². The van der Waals surface area contributed by atoms with Crippen LogP contribution in [0.5, 0.6) is 11.8 Å². The van der Waals surface area contributed by atoms with Gasteiger partial charge < -0.3 is 19.1 Å². The number of piperidine rings is 1. The van der Waals surface area contributed by atoms with Crippen molar-refractivity contribution in [2.75, 3.05) is 51.6 Å². The Labute approximate surface area is 250 Å². The minimum Gasteiger partial charge on any atom is -0.468 e. The normalized spacial score (nSPS) is 22.4. The van der Waals surface area contributed by atoms with Gasteiger partial charge in [0.1, 0.15) is 35.6 Å². The maximum atomic E-state index is 16.8. The van der Waals surface area contributed by atoms with E-state index in [1.807, 2.05) is 31.2 Å². The Morgan fingerprint density at radius 2 is 1.91 bits per heavy atom. The van der Waals surface area contributed by atoms with Crippen LogP contribution in [-0.2, 0) is 4.74 Å². The van der Waals surface area contributed by atoms with Gasteiger partial charge in [-0.1, -0.05) is 18.2 Å². The molecule has 0 saturated carbocycles. The third-order valence-electron chi connectivity index (χ3n) is 9.29. The van der Waals surface area contributed by atoms with E-state index in [4.69, 9.17) is 19.2 Å². The third-order valence-corrected chi connectivity index (χ3v) is 9.29. The van der Waals surface area contributed by atoms with Crippen LogP contribution in [0.2, 0.25) is 0 Å². The van der Waals surface area contributed by atoms with Crippen LogP contribution in [0.4, 0.5) is 14.6 Å². The molecule has 3 fully saturated rings. The molecule has 3 aliphatic heterocycles. The number of aryl methyl sites for hydroxylation is 1. The van der Waals surface area contributed by atoms with E-state index in [2.05, 4.69) is 19.8 Å².